The van der Waals surface area contributed by atoms with Gasteiger partial charge in [-0.15, -0.1) is 0 Å². The highest BCUT2D eigenvalue weighted by Gasteiger charge is 2.38. The second-order valence-corrected chi connectivity index (χ2v) is 9.47. The van der Waals surface area contributed by atoms with Gasteiger partial charge in [0.1, 0.15) is 11.9 Å². The van der Waals surface area contributed by atoms with E-state index in [1.165, 1.54) is 7.11 Å². The van der Waals surface area contributed by atoms with Gasteiger partial charge in [-0.1, -0.05) is 18.2 Å². The SMILES string of the molecule is COC(=O)N1CCC[C@H](NS(C)(=O)=O)[C@@H]1COC1CCC(Oc2ccccc2)C1. The van der Waals surface area contributed by atoms with E-state index in [-0.39, 0.29) is 18.8 Å². The smallest absolute Gasteiger partial charge is 0.409 e. The summed E-state index contributed by atoms with van der Waals surface area (Å²) in [5, 5.41) is 0. The lowest BCUT2D eigenvalue weighted by molar-refractivity contribution is -0.0106. The van der Waals surface area contributed by atoms with E-state index >= 15 is 0 Å². The summed E-state index contributed by atoms with van der Waals surface area (Å²) in [5.74, 6) is 0.847. The van der Waals surface area contributed by atoms with Gasteiger partial charge in [-0.25, -0.2) is 17.9 Å². The van der Waals surface area contributed by atoms with Gasteiger partial charge in [-0.3, -0.25) is 0 Å². The van der Waals surface area contributed by atoms with Crippen LogP contribution in [0.3, 0.4) is 0 Å². The Morgan fingerprint density at radius 2 is 1.90 bits per heavy atom. The fraction of sp³-hybridized carbons (Fsp3) is 0.650. The highest BCUT2D eigenvalue weighted by Crippen LogP contribution is 2.28. The predicted molar refractivity (Wildman–Crippen MR) is 108 cm³/mol. The average Bonchev–Trinajstić information content (AvgIpc) is 3.13. The van der Waals surface area contributed by atoms with E-state index in [4.69, 9.17) is 14.2 Å². The summed E-state index contributed by atoms with van der Waals surface area (Å²) >= 11 is 0. The molecule has 1 aromatic carbocycles. The molecule has 1 aromatic rings. The molecule has 1 heterocycles. The van der Waals surface area contributed by atoms with Crippen molar-refractivity contribution in [1.82, 2.24) is 9.62 Å². The first-order chi connectivity index (χ1) is 13.9. The van der Waals surface area contributed by atoms with E-state index in [2.05, 4.69) is 4.72 Å². The van der Waals surface area contributed by atoms with Gasteiger partial charge >= 0.3 is 6.09 Å². The van der Waals surface area contributed by atoms with E-state index < -0.39 is 28.2 Å². The molecule has 9 heteroatoms. The van der Waals surface area contributed by atoms with Crippen molar-refractivity contribution in [2.24, 2.45) is 0 Å². The molecule has 1 aliphatic carbocycles. The summed E-state index contributed by atoms with van der Waals surface area (Å²) in [6, 6.07) is 8.91. The van der Waals surface area contributed by atoms with Gasteiger partial charge < -0.3 is 19.1 Å². The summed E-state index contributed by atoms with van der Waals surface area (Å²) < 4.78 is 43.2. The number of nitrogens with one attached hydrogen (secondary N) is 1. The predicted octanol–water partition coefficient (Wildman–Crippen LogP) is 2.15. The van der Waals surface area contributed by atoms with Gasteiger partial charge in [-0.05, 0) is 37.8 Å². The van der Waals surface area contributed by atoms with Crippen molar-refractivity contribution in [3.63, 3.8) is 0 Å². The molecule has 2 aliphatic rings. The number of carbonyl (C=O) groups excluding carboxylic acids is 1. The number of ether oxygens (including phenoxy) is 3. The number of likely N-dealkylation sites (tertiary alicyclic amines) is 1. The Labute approximate surface area is 172 Å². The fourth-order valence-electron chi connectivity index (χ4n) is 4.10. The molecule has 0 bridgehead atoms. The molecule has 1 aliphatic heterocycles. The van der Waals surface area contributed by atoms with Crippen LogP contribution in [-0.2, 0) is 19.5 Å². The largest absolute Gasteiger partial charge is 0.490 e. The van der Waals surface area contributed by atoms with E-state index in [1.807, 2.05) is 30.3 Å². The fourth-order valence-corrected chi connectivity index (χ4v) is 4.93. The minimum Gasteiger partial charge on any atom is -0.490 e. The van der Waals surface area contributed by atoms with Crippen molar-refractivity contribution in [2.75, 3.05) is 26.5 Å². The molecule has 2 fully saturated rings. The van der Waals surface area contributed by atoms with E-state index in [0.717, 1.165) is 31.3 Å². The van der Waals surface area contributed by atoms with Gasteiger partial charge in [0.05, 0.1) is 32.1 Å². The number of rotatable bonds is 7. The summed E-state index contributed by atoms with van der Waals surface area (Å²) in [6.07, 6.45) is 4.67. The van der Waals surface area contributed by atoms with Crippen LogP contribution in [0.1, 0.15) is 32.1 Å². The van der Waals surface area contributed by atoms with E-state index in [0.29, 0.717) is 19.4 Å². The van der Waals surface area contributed by atoms with Gasteiger partial charge in [0.25, 0.3) is 0 Å². The van der Waals surface area contributed by atoms with E-state index in [9.17, 15) is 13.2 Å². The summed E-state index contributed by atoms with van der Waals surface area (Å²) in [6.45, 7) is 0.776. The summed E-state index contributed by atoms with van der Waals surface area (Å²) in [4.78, 5) is 13.8. The van der Waals surface area contributed by atoms with Gasteiger partial charge in [0.2, 0.25) is 10.0 Å². The van der Waals surface area contributed by atoms with E-state index in [1.54, 1.807) is 4.90 Å². The highest BCUT2D eigenvalue weighted by atomic mass is 32.2. The van der Waals surface area contributed by atoms with Crippen molar-refractivity contribution < 1.29 is 27.4 Å². The lowest BCUT2D eigenvalue weighted by Crippen LogP contribution is -2.58. The number of para-hydroxylation sites is 1. The van der Waals surface area contributed by atoms with Gasteiger partial charge in [0, 0.05) is 19.0 Å². The van der Waals surface area contributed by atoms with Crippen LogP contribution in [0, 0.1) is 0 Å². The first-order valence-electron chi connectivity index (χ1n) is 10.0. The van der Waals surface area contributed by atoms with Gasteiger partial charge in [0.15, 0.2) is 0 Å². The number of amides is 1. The Kier molecular flexibility index (Phi) is 7.37. The minimum absolute atomic E-state index is 0.0176. The lowest BCUT2D eigenvalue weighted by atomic mass is 9.98. The zero-order valence-electron chi connectivity index (χ0n) is 17.0. The number of hydrogen-bond donors (Lipinski definition) is 1. The van der Waals surface area contributed by atoms with Crippen LogP contribution in [0.15, 0.2) is 30.3 Å². The number of sulfonamides is 1. The van der Waals surface area contributed by atoms with Crippen LogP contribution >= 0.6 is 0 Å². The lowest BCUT2D eigenvalue weighted by Gasteiger charge is -2.40. The molecular formula is C20H30N2O6S. The molecule has 0 radical (unpaired) electrons. The number of methoxy groups -OCH3 is 1. The van der Waals surface area contributed by atoms with Crippen LogP contribution in [0.5, 0.6) is 5.75 Å². The molecule has 0 aromatic heterocycles. The summed E-state index contributed by atoms with van der Waals surface area (Å²) in [7, 11) is -2.07. The molecule has 8 nitrogen and oxygen atoms in total. The number of piperidine rings is 1. The number of benzene rings is 1. The molecule has 1 amide bonds. The van der Waals surface area contributed by atoms with Crippen LogP contribution in [0.4, 0.5) is 4.79 Å². The van der Waals surface area contributed by atoms with Crippen molar-refractivity contribution in [2.45, 2.75) is 56.4 Å². The topological polar surface area (TPSA) is 94.2 Å². The van der Waals surface area contributed by atoms with Crippen molar-refractivity contribution in [1.29, 1.82) is 0 Å². The van der Waals surface area contributed by atoms with Gasteiger partial charge in [-0.2, -0.15) is 0 Å². The molecule has 1 N–H and O–H groups in total. The molecule has 1 saturated carbocycles. The van der Waals surface area contributed by atoms with Crippen LogP contribution in [0.25, 0.3) is 0 Å². The number of hydrogen-bond acceptors (Lipinski definition) is 6. The quantitative estimate of drug-likeness (QED) is 0.718. The second kappa shape index (κ2) is 9.77. The van der Waals surface area contributed by atoms with Crippen molar-refractivity contribution >= 4 is 16.1 Å². The van der Waals surface area contributed by atoms with Crippen molar-refractivity contribution in [3.05, 3.63) is 30.3 Å². The first-order valence-corrected chi connectivity index (χ1v) is 11.9. The Balaban J connectivity index is 1.58. The second-order valence-electron chi connectivity index (χ2n) is 7.69. The monoisotopic (exact) mass is 426 g/mol. The summed E-state index contributed by atoms with van der Waals surface area (Å²) in [5.41, 5.74) is 0. The molecule has 29 heavy (non-hydrogen) atoms. The Hall–Kier alpha value is -1.84. The molecule has 3 rings (SSSR count). The van der Waals surface area contributed by atoms with Crippen LogP contribution in [0.2, 0.25) is 0 Å². The van der Waals surface area contributed by atoms with Crippen LogP contribution in [-0.4, -0.2) is 70.2 Å². The molecule has 1 saturated heterocycles. The standard InChI is InChI=1S/C20H30N2O6S/c1-26-20(23)22-12-6-9-18(21-29(2,24)25)19(22)14-27-16-10-11-17(13-16)28-15-7-4-3-5-8-15/h3-5,7-8,16-19,21H,6,9-14H2,1-2H3/t16?,17?,18-,19-/m0/s1. The minimum atomic E-state index is -3.40. The molecule has 2 unspecified atom stereocenters. The molecule has 0 spiro atoms. The normalized spacial score (nSPS) is 27.6. The third-order valence-electron chi connectivity index (χ3n) is 5.44. The third-order valence-corrected chi connectivity index (χ3v) is 6.17. The highest BCUT2D eigenvalue weighted by molar-refractivity contribution is 7.88. The average molecular weight is 427 g/mol. The molecule has 4 atom stereocenters. The Morgan fingerprint density at radius 3 is 2.59 bits per heavy atom. The maximum atomic E-state index is 12.2. The molecular weight excluding hydrogens is 396 g/mol. The third kappa shape index (κ3) is 6.32. The Bertz CT molecular complexity index is 772. The maximum absolute atomic E-state index is 12.2. The maximum Gasteiger partial charge on any atom is 0.409 e. The number of nitrogens with zero attached hydrogens (tertiary/aromatic N) is 1. The zero-order valence-corrected chi connectivity index (χ0v) is 17.8. The van der Waals surface area contributed by atoms with Crippen molar-refractivity contribution in [3.8, 4) is 5.75 Å². The Morgan fingerprint density at radius 1 is 1.17 bits per heavy atom. The molecule has 162 valence electrons. The number of carbonyl (C=O) groups is 1. The van der Waals surface area contributed by atoms with Crippen LogP contribution < -0.4 is 9.46 Å². The zero-order chi connectivity index (χ0) is 20.9. The first kappa shape index (κ1) is 21.9.